The van der Waals surface area contributed by atoms with Crippen LogP contribution in [0.15, 0.2) is 284 Å². The van der Waals surface area contributed by atoms with Gasteiger partial charge in [-0.15, -0.1) is 0 Å². The molecule has 0 spiro atoms. The maximum absolute atomic E-state index is 5.27. The Morgan fingerprint density at radius 2 is 0.769 bits per heavy atom. The quantitative estimate of drug-likeness (QED) is 0.128. The molecule has 2 aliphatic carbocycles. The number of allylic oxidation sites excluding steroid dienone is 5. The highest BCUT2D eigenvalue weighted by atomic mass is 15.3. The summed E-state index contributed by atoms with van der Waals surface area (Å²) in [5, 5.41) is 7.71. The molecule has 78 heavy (non-hydrogen) atoms. The van der Waals surface area contributed by atoms with Crippen molar-refractivity contribution in [3.05, 3.63) is 295 Å². The van der Waals surface area contributed by atoms with E-state index in [1.165, 1.54) is 90.7 Å². The van der Waals surface area contributed by atoms with Gasteiger partial charge in [-0.2, -0.15) is 0 Å². The fourth-order valence-corrected chi connectivity index (χ4v) is 12.0. The Morgan fingerprint density at radius 1 is 0.333 bits per heavy atom. The Kier molecular flexibility index (Phi) is 13.8. The van der Waals surface area contributed by atoms with Crippen LogP contribution >= 0.6 is 0 Å². The zero-order valence-corrected chi connectivity index (χ0v) is 43.8. The lowest BCUT2D eigenvalue weighted by Crippen LogP contribution is -2.45. The second-order valence-electron chi connectivity index (χ2n) is 20.8. The van der Waals surface area contributed by atoms with Gasteiger partial charge in [0.1, 0.15) is 18.2 Å². The van der Waals surface area contributed by atoms with Gasteiger partial charge in [-0.05, 0) is 186 Å². The minimum absolute atomic E-state index is 0.129. The van der Waals surface area contributed by atoms with E-state index in [0.29, 0.717) is 0 Å². The van der Waals surface area contributed by atoms with Gasteiger partial charge in [0.15, 0.2) is 0 Å². The summed E-state index contributed by atoms with van der Waals surface area (Å²) in [5.74, 6) is 1.00. The van der Waals surface area contributed by atoms with Crippen LogP contribution in [0.3, 0.4) is 0 Å². The van der Waals surface area contributed by atoms with Gasteiger partial charge in [0.05, 0.1) is 0 Å². The Bertz CT molecular complexity index is 3880. The molecule has 0 fully saturated rings. The van der Waals surface area contributed by atoms with Crippen LogP contribution < -0.4 is 10.6 Å². The van der Waals surface area contributed by atoms with Crippen LogP contribution in [0.25, 0.3) is 94.6 Å². The minimum Gasteiger partial charge on any atom is -0.351 e. The van der Waals surface area contributed by atoms with Crippen molar-refractivity contribution in [2.45, 2.75) is 50.9 Å². The summed E-state index contributed by atoms with van der Waals surface area (Å²) >= 11 is 0. The van der Waals surface area contributed by atoms with Crippen LogP contribution in [0.2, 0.25) is 0 Å². The molecule has 2 atom stereocenters. The van der Waals surface area contributed by atoms with E-state index in [1.807, 2.05) is 0 Å². The average molecular weight is 1000 g/mol. The van der Waals surface area contributed by atoms with E-state index in [2.05, 4.69) is 284 Å². The molecule has 376 valence electrons. The first-order valence-corrected chi connectivity index (χ1v) is 27.8. The number of hydrogen-bond donors (Lipinski definition) is 2. The Labute approximate surface area is 459 Å². The Hall–Kier alpha value is -9.15. The fourth-order valence-electron chi connectivity index (χ4n) is 12.0. The molecule has 0 aromatic heterocycles. The lowest BCUT2D eigenvalue weighted by molar-refractivity contribution is 0.407. The topological polar surface area (TPSA) is 36.4 Å². The lowest BCUT2D eigenvalue weighted by atomic mass is 9.73. The van der Waals surface area contributed by atoms with Crippen molar-refractivity contribution in [3.63, 3.8) is 0 Å². The summed E-state index contributed by atoms with van der Waals surface area (Å²) in [6, 6.07) is 91.5. The average Bonchev–Trinajstić information content (AvgIpc) is 3.71. The number of nitrogens with zero attached hydrogens (tertiary/aromatic N) is 1. The summed E-state index contributed by atoms with van der Waals surface area (Å²) < 4.78 is 0. The number of rotatable bonds is 12. The van der Waals surface area contributed by atoms with Crippen molar-refractivity contribution in [2.24, 2.45) is 4.99 Å². The molecule has 0 radical (unpaired) electrons. The van der Waals surface area contributed by atoms with Crippen molar-refractivity contribution in [1.29, 1.82) is 0 Å². The van der Waals surface area contributed by atoms with Crippen molar-refractivity contribution in [1.82, 2.24) is 10.6 Å². The highest BCUT2D eigenvalue weighted by Gasteiger charge is 2.31. The van der Waals surface area contributed by atoms with Gasteiger partial charge in [0, 0.05) is 0 Å². The number of aliphatic imine (C=N–C) groups is 1. The van der Waals surface area contributed by atoms with Crippen LogP contribution in [0.1, 0.15) is 67.5 Å². The SMILES string of the molecule is C1=CCCC(c2c(-c3ccccc3)c(-c3ccccc3)c(-c3ccccc3)c(-c3cc(-c4ccccc4)cc(-c4cccc(-c5cccc(C6NC(C7=CCCCC7)=NC(c7ccccc7)N6)c5)c4)c3)c2-c2ccccc2)=C1. The van der Waals surface area contributed by atoms with Gasteiger partial charge >= 0.3 is 0 Å². The summed E-state index contributed by atoms with van der Waals surface area (Å²) in [6.45, 7) is 0. The highest BCUT2D eigenvalue weighted by molar-refractivity contribution is 6.13. The largest absolute Gasteiger partial charge is 0.351 e. The van der Waals surface area contributed by atoms with Crippen LogP contribution in [0, 0.1) is 0 Å². The van der Waals surface area contributed by atoms with E-state index >= 15 is 0 Å². The summed E-state index contributed by atoms with van der Waals surface area (Å²) in [5.41, 5.74) is 25.3. The van der Waals surface area contributed by atoms with Crippen LogP contribution in [0.4, 0.5) is 0 Å². The highest BCUT2D eigenvalue weighted by Crippen LogP contribution is 2.56. The molecular weight excluding hydrogens is 943 g/mol. The van der Waals surface area contributed by atoms with E-state index in [4.69, 9.17) is 4.99 Å². The van der Waals surface area contributed by atoms with Gasteiger partial charge in [0.25, 0.3) is 0 Å². The minimum atomic E-state index is -0.163. The summed E-state index contributed by atoms with van der Waals surface area (Å²) in [4.78, 5) is 5.27. The normalized spacial score (nSPS) is 16.1. The Morgan fingerprint density at radius 3 is 1.31 bits per heavy atom. The molecule has 1 aliphatic heterocycles. The maximum atomic E-state index is 5.27. The smallest absolute Gasteiger partial charge is 0.129 e. The molecule has 2 unspecified atom stereocenters. The van der Waals surface area contributed by atoms with E-state index in [-0.39, 0.29) is 12.3 Å². The van der Waals surface area contributed by atoms with Crippen LogP contribution in [0.5, 0.6) is 0 Å². The molecule has 0 saturated carbocycles. The molecule has 1 heterocycles. The lowest BCUT2D eigenvalue weighted by Gasteiger charge is -2.33. The van der Waals surface area contributed by atoms with Gasteiger partial charge in [-0.1, -0.05) is 243 Å². The third kappa shape index (κ3) is 9.93. The molecule has 10 aromatic carbocycles. The zero-order chi connectivity index (χ0) is 52.0. The second-order valence-corrected chi connectivity index (χ2v) is 20.8. The molecule has 0 amide bonds. The first-order chi connectivity index (χ1) is 38.7. The molecule has 0 bridgehead atoms. The van der Waals surface area contributed by atoms with Gasteiger partial charge in [0.2, 0.25) is 0 Å². The third-order valence-corrected chi connectivity index (χ3v) is 15.7. The number of nitrogens with one attached hydrogen (secondary N) is 2. The second kappa shape index (κ2) is 22.2. The van der Waals surface area contributed by atoms with Crippen LogP contribution in [-0.2, 0) is 0 Å². The zero-order valence-electron chi connectivity index (χ0n) is 43.8. The molecule has 10 aromatic rings. The van der Waals surface area contributed by atoms with Crippen molar-refractivity contribution < 1.29 is 0 Å². The van der Waals surface area contributed by atoms with Crippen LogP contribution in [-0.4, -0.2) is 5.84 Å². The van der Waals surface area contributed by atoms with Crippen molar-refractivity contribution in [3.8, 4) is 89.0 Å². The molecule has 3 nitrogen and oxygen atoms in total. The molecular formula is C75H61N3. The number of amidine groups is 1. The Balaban J connectivity index is 1.03. The fraction of sp³-hybridized carbons (Fsp3) is 0.107. The summed E-state index contributed by atoms with van der Waals surface area (Å²) in [6.07, 6.45) is 15.5. The predicted octanol–water partition coefficient (Wildman–Crippen LogP) is 19.5. The first-order valence-electron chi connectivity index (χ1n) is 27.8. The van der Waals surface area contributed by atoms with Crippen molar-refractivity contribution in [2.75, 3.05) is 0 Å². The molecule has 13 rings (SSSR count). The van der Waals surface area contributed by atoms with E-state index in [0.717, 1.165) is 70.5 Å². The molecule has 2 N–H and O–H groups in total. The monoisotopic (exact) mass is 1000 g/mol. The van der Waals surface area contributed by atoms with E-state index < -0.39 is 0 Å². The standard InChI is InChI=1S/C75H61N3/c1-9-27-52(28-10-1)64-49-65(62-45-25-43-60(47-62)61-44-26-46-63(48-61)75-77-73(58-39-21-7-22-40-58)76-74(78-75)59-41-23-8-24-42-59)51-66(50-64)72-70(56-35-17-5-18-36-56)68(54-31-13-3-14-32-54)67(53-29-11-2-12-30-53)69(55-33-15-4-16-34-55)71(72)57-37-19-6-20-38-57/h1-7,9-15,17-22,25-33,35-41,43-51,73,75,77H,8,16,23-24,34,42H2,(H,76,78). The van der Waals surface area contributed by atoms with E-state index in [9.17, 15) is 0 Å². The van der Waals surface area contributed by atoms with Crippen molar-refractivity contribution >= 4 is 11.4 Å². The van der Waals surface area contributed by atoms with Gasteiger partial charge < -0.3 is 5.32 Å². The van der Waals surface area contributed by atoms with Gasteiger partial charge in [-0.25, -0.2) is 4.99 Å². The van der Waals surface area contributed by atoms with E-state index in [1.54, 1.807) is 0 Å². The molecule has 3 aliphatic rings. The number of benzene rings is 10. The molecule has 0 saturated heterocycles. The summed E-state index contributed by atoms with van der Waals surface area (Å²) in [7, 11) is 0. The first kappa shape index (κ1) is 48.5. The number of hydrogen-bond acceptors (Lipinski definition) is 3. The van der Waals surface area contributed by atoms with Gasteiger partial charge in [-0.3, -0.25) is 5.32 Å². The maximum Gasteiger partial charge on any atom is 0.129 e. The predicted molar refractivity (Wildman–Crippen MR) is 328 cm³/mol. The third-order valence-electron chi connectivity index (χ3n) is 15.7. The molecule has 3 heteroatoms.